The largest absolute Gasteiger partial charge is 0.450 e. The number of rotatable bonds is 4. The molecule has 0 aliphatic rings. The lowest BCUT2D eigenvalue weighted by Gasteiger charge is -2.27. The molecule has 0 saturated heterocycles. The number of ether oxygens (including phenoxy) is 1. The molecule has 0 heterocycles. The average molecular weight is 543 g/mol. The van der Waals surface area contributed by atoms with Crippen molar-refractivity contribution in [1.29, 1.82) is 0 Å². The quantitative estimate of drug-likeness (QED) is 0.276. The number of carbonyl (C=O) groups is 1. The van der Waals surface area contributed by atoms with Crippen LogP contribution >= 0.6 is 78.9 Å². The third kappa shape index (κ3) is 7.09. The first-order valence-electron chi connectivity index (χ1n) is 6.57. The van der Waals surface area contributed by atoms with E-state index in [0.29, 0.717) is 0 Å². The Hall–Kier alpha value is 0.0100. The van der Waals surface area contributed by atoms with Gasteiger partial charge in [-0.25, -0.2) is 4.79 Å². The predicted molar refractivity (Wildman–Crippen MR) is 110 cm³/mol. The van der Waals surface area contributed by atoms with Crippen molar-refractivity contribution in [3.8, 4) is 0 Å². The van der Waals surface area contributed by atoms with Gasteiger partial charge in [0.1, 0.15) is 0 Å². The summed E-state index contributed by atoms with van der Waals surface area (Å²) >= 11 is 29.7. The average Bonchev–Trinajstić information content (AvgIpc) is 2.41. The van der Waals surface area contributed by atoms with E-state index in [1.807, 2.05) is 19.1 Å². The number of hydrogen-bond donors (Lipinski definition) is 3. The zero-order valence-corrected chi connectivity index (χ0v) is 18.8. The van der Waals surface area contributed by atoms with Crippen LogP contribution in [-0.2, 0) is 4.74 Å². The fraction of sp³-hybridized carbons (Fsp3) is 0.385. The number of halogens is 5. The van der Waals surface area contributed by atoms with E-state index in [1.54, 1.807) is 6.92 Å². The molecule has 1 amide bonds. The molecule has 0 aromatic heterocycles. The molecule has 0 fully saturated rings. The molecule has 134 valence electrons. The lowest BCUT2D eigenvalue weighted by molar-refractivity contribution is 0.147. The van der Waals surface area contributed by atoms with Gasteiger partial charge in [0.25, 0.3) is 0 Å². The minimum Gasteiger partial charge on any atom is -0.450 e. The summed E-state index contributed by atoms with van der Waals surface area (Å²) in [5.74, 6) is 0. The summed E-state index contributed by atoms with van der Waals surface area (Å²) in [6.45, 7) is 3.76. The number of alkyl halides is 3. The van der Waals surface area contributed by atoms with Gasteiger partial charge in [-0.2, -0.15) is 0 Å². The van der Waals surface area contributed by atoms with E-state index >= 15 is 0 Å². The molecule has 5 nitrogen and oxygen atoms in total. The highest BCUT2D eigenvalue weighted by atomic mass is 79.9. The van der Waals surface area contributed by atoms with E-state index in [9.17, 15) is 4.79 Å². The van der Waals surface area contributed by atoms with Gasteiger partial charge in [-0.05, 0) is 59.7 Å². The fourth-order valence-corrected chi connectivity index (χ4v) is 3.72. The highest BCUT2D eigenvalue weighted by molar-refractivity contribution is 9.11. The van der Waals surface area contributed by atoms with E-state index < -0.39 is 16.1 Å². The number of hydrogen-bond acceptors (Lipinski definition) is 3. The topological polar surface area (TPSA) is 62.4 Å². The van der Waals surface area contributed by atoms with Crippen LogP contribution in [-0.4, -0.2) is 27.8 Å². The Labute approximate surface area is 177 Å². The Bertz CT molecular complexity index is 606. The first kappa shape index (κ1) is 22.1. The molecule has 1 atom stereocenters. The highest BCUT2D eigenvalue weighted by Crippen LogP contribution is 2.31. The molecule has 0 spiro atoms. The SMILES string of the molecule is CCOC(=O)NC(NC(=S)Nc1c(C)cc(Br)cc1Br)C(Cl)(Cl)Cl. The zero-order chi connectivity index (χ0) is 18.5. The Kier molecular flexibility index (Phi) is 8.85. The van der Waals surface area contributed by atoms with Crippen LogP contribution in [0.5, 0.6) is 0 Å². The lowest BCUT2D eigenvalue weighted by Crippen LogP contribution is -2.56. The van der Waals surface area contributed by atoms with Crippen molar-refractivity contribution in [2.24, 2.45) is 0 Å². The third-order valence-corrected chi connectivity index (χ3v) is 4.59. The van der Waals surface area contributed by atoms with Crippen LogP contribution in [0.2, 0.25) is 0 Å². The van der Waals surface area contributed by atoms with Crippen LogP contribution in [0.3, 0.4) is 0 Å². The minimum atomic E-state index is -1.84. The number of amides is 1. The summed E-state index contributed by atoms with van der Waals surface area (Å²) in [5.41, 5.74) is 1.68. The van der Waals surface area contributed by atoms with Crippen molar-refractivity contribution in [2.45, 2.75) is 23.8 Å². The van der Waals surface area contributed by atoms with Gasteiger partial charge in [0, 0.05) is 8.95 Å². The smallest absolute Gasteiger partial charge is 0.408 e. The second kappa shape index (κ2) is 9.64. The molecule has 0 saturated carbocycles. The van der Waals surface area contributed by atoms with Gasteiger partial charge >= 0.3 is 6.09 Å². The Balaban J connectivity index is 2.84. The van der Waals surface area contributed by atoms with E-state index in [2.05, 4.69) is 47.8 Å². The van der Waals surface area contributed by atoms with Crippen LogP contribution in [0.25, 0.3) is 0 Å². The Morgan fingerprint density at radius 3 is 2.46 bits per heavy atom. The highest BCUT2D eigenvalue weighted by Gasteiger charge is 2.35. The molecule has 1 rings (SSSR count). The lowest BCUT2D eigenvalue weighted by atomic mass is 10.2. The predicted octanol–water partition coefficient (Wildman–Crippen LogP) is 5.25. The van der Waals surface area contributed by atoms with Crippen molar-refractivity contribution in [3.63, 3.8) is 0 Å². The number of alkyl carbamates (subject to hydrolysis) is 1. The van der Waals surface area contributed by atoms with Crippen LogP contribution in [0.1, 0.15) is 12.5 Å². The summed E-state index contributed by atoms with van der Waals surface area (Å²) in [7, 11) is 0. The third-order valence-electron chi connectivity index (χ3n) is 2.63. The van der Waals surface area contributed by atoms with Gasteiger partial charge in [0.05, 0.1) is 12.3 Å². The van der Waals surface area contributed by atoms with Crippen molar-refractivity contribution >= 4 is 95.8 Å². The maximum Gasteiger partial charge on any atom is 0.408 e. The van der Waals surface area contributed by atoms with E-state index in [4.69, 9.17) is 51.8 Å². The number of carbonyl (C=O) groups excluding carboxylic acids is 1. The molecule has 24 heavy (non-hydrogen) atoms. The van der Waals surface area contributed by atoms with Crippen LogP contribution in [0.4, 0.5) is 10.5 Å². The second-order valence-corrected chi connectivity index (χ2v) is 9.06. The first-order chi connectivity index (χ1) is 11.0. The van der Waals surface area contributed by atoms with E-state index in [0.717, 1.165) is 20.2 Å². The number of anilines is 1. The molecule has 0 aliphatic heterocycles. The Morgan fingerprint density at radius 1 is 1.33 bits per heavy atom. The zero-order valence-electron chi connectivity index (χ0n) is 12.6. The summed E-state index contributed by atoms with van der Waals surface area (Å²) in [6, 6.07) is 3.78. The standard InChI is InChI=1S/C13H14Br2Cl3N3O2S/c1-3-23-12(22)21-10(13(16,17)18)20-11(24)19-9-6(2)4-7(14)5-8(9)15/h4-5,10H,3H2,1-2H3,(H,21,22)(H2,19,20,24). The molecule has 11 heteroatoms. The number of benzene rings is 1. The van der Waals surface area contributed by atoms with Crippen molar-refractivity contribution in [1.82, 2.24) is 10.6 Å². The van der Waals surface area contributed by atoms with Gasteiger partial charge < -0.3 is 15.4 Å². The fourth-order valence-electron chi connectivity index (χ4n) is 1.63. The monoisotopic (exact) mass is 539 g/mol. The van der Waals surface area contributed by atoms with Crippen LogP contribution in [0.15, 0.2) is 21.1 Å². The van der Waals surface area contributed by atoms with Gasteiger partial charge in [0.2, 0.25) is 3.79 Å². The molecule has 0 aliphatic carbocycles. The van der Waals surface area contributed by atoms with Crippen molar-refractivity contribution in [3.05, 3.63) is 26.6 Å². The number of thiocarbonyl (C=S) groups is 1. The van der Waals surface area contributed by atoms with Crippen molar-refractivity contribution < 1.29 is 9.53 Å². The van der Waals surface area contributed by atoms with Gasteiger partial charge in [-0.3, -0.25) is 5.32 Å². The van der Waals surface area contributed by atoms with E-state index in [1.165, 1.54) is 0 Å². The number of nitrogens with one attached hydrogen (secondary N) is 3. The summed E-state index contributed by atoms with van der Waals surface area (Å²) in [5, 5.41) is 8.30. The van der Waals surface area contributed by atoms with Crippen LogP contribution < -0.4 is 16.0 Å². The van der Waals surface area contributed by atoms with Crippen LogP contribution in [0, 0.1) is 6.92 Å². The molecular formula is C13H14Br2Cl3N3O2S. The maximum absolute atomic E-state index is 11.6. The molecule has 0 bridgehead atoms. The van der Waals surface area contributed by atoms with Gasteiger partial charge in [-0.15, -0.1) is 0 Å². The minimum absolute atomic E-state index is 0.161. The van der Waals surface area contributed by atoms with Gasteiger partial charge in [0.15, 0.2) is 11.3 Å². The molecule has 0 radical (unpaired) electrons. The molecule has 1 unspecified atom stereocenters. The van der Waals surface area contributed by atoms with Crippen molar-refractivity contribution in [2.75, 3.05) is 11.9 Å². The number of aryl methyl sites for hydroxylation is 1. The normalized spacial score (nSPS) is 12.3. The van der Waals surface area contributed by atoms with E-state index in [-0.39, 0.29) is 11.7 Å². The molecule has 1 aromatic rings. The first-order valence-corrected chi connectivity index (χ1v) is 9.70. The molecule has 1 aromatic carbocycles. The second-order valence-electron chi connectivity index (χ2n) is 4.52. The molecule has 3 N–H and O–H groups in total. The summed E-state index contributed by atoms with van der Waals surface area (Å²) in [4.78, 5) is 11.6. The Morgan fingerprint density at radius 2 is 1.96 bits per heavy atom. The summed E-state index contributed by atoms with van der Waals surface area (Å²) in [6.07, 6.45) is -1.82. The summed E-state index contributed by atoms with van der Waals surface area (Å²) < 4.78 is 4.64. The van der Waals surface area contributed by atoms with Gasteiger partial charge in [-0.1, -0.05) is 50.7 Å². The molecular weight excluding hydrogens is 528 g/mol. The maximum atomic E-state index is 11.6.